The summed E-state index contributed by atoms with van der Waals surface area (Å²) < 4.78 is 1.65. The molecule has 1 aromatic rings. The Kier molecular flexibility index (Phi) is 2.73. The number of hydrogen-bond donors (Lipinski definition) is 1. The molecule has 0 aromatic heterocycles. The van der Waals surface area contributed by atoms with Crippen LogP contribution in [-0.4, -0.2) is 0 Å². The summed E-state index contributed by atoms with van der Waals surface area (Å²) in [4.78, 5) is 0. The van der Waals surface area contributed by atoms with Crippen LogP contribution >= 0.6 is 38.5 Å². The predicted octanol–water partition coefficient (Wildman–Crippen LogP) is 2.51. The van der Waals surface area contributed by atoms with Gasteiger partial charge < -0.3 is 5.73 Å². The average molecular weight is 323 g/mol. The Labute approximate surface area is 86.7 Å². The van der Waals surface area contributed by atoms with Crippen molar-refractivity contribution in [2.24, 2.45) is 0 Å². The molecule has 1 rings (SSSR count). The third-order valence-electron chi connectivity index (χ3n) is 1.19. The van der Waals surface area contributed by atoms with E-state index in [2.05, 4.69) is 38.5 Å². The minimum absolute atomic E-state index is 0.578. The van der Waals surface area contributed by atoms with Crippen molar-refractivity contribution in [3.8, 4) is 6.07 Å². The smallest absolute Gasteiger partial charge is 0.100 e. The lowest BCUT2D eigenvalue weighted by Crippen LogP contribution is -1.90. The van der Waals surface area contributed by atoms with Crippen LogP contribution in [0.2, 0.25) is 0 Å². The summed E-state index contributed by atoms with van der Waals surface area (Å²) in [6.45, 7) is 0. The molecule has 2 N–H and O–H groups in total. The lowest BCUT2D eigenvalue weighted by atomic mass is 10.2. The third kappa shape index (κ3) is 1.84. The molecule has 0 unspecified atom stereocenters. The lowest BCUT2D eigenvalue weighted by Gasteiger charge is -2.00. The zero-order valence-electron chi connectivity index (χ0n) is 5.44. The number of nitrogen functional groups attached to an aromatic ring is 1. The van der Waals surface area contributed by atoms with E-state index in [0.29, 0.717) is 15.7 Å². The van der Waals surface area contributed by atoms with Crippen LogP contribution < -0.4 is 5.73 Å². The maximum atomic E-state index is 8.63. The Bertz CT molecular complexity index is 330. The van der Waals surface area contributed by atoms with Gasteiger partial charge in [0.25, 0.3) is 0 Å². The molecule has 1 aromatic carbocycles. The Morgan fingerprint density at radius 1 is 1.55 bits per heavy atom. The molecule has 0 saturated heterocycles. The topological polar surface area (TPSA) is 49.8 Å². The van der Waals surface area contributed by atoms with E-state index in [4.69, 9.17) is 11.0 Å². The van der Waals surface area contributed by atoms with Crippen molar-refractivity contribution in [2.75, 3.05) is 5.73 Å². The molecule has 56 valence electrons. The standard InChI is InChI=1S/C7H4BrIN2/c8-7-4(3-10)1-5(9)2-6(7)11/h1-2H,11H2. The fraction of sp³-hybridized carbons (Fsp3) is 0. The number of halogens is 2. The van der Waals surface area contributed by atoms with Gasteiger partial charge in [-0.15, -0.1) is 0 Å². The van der Waals surface area contributed by atoms with Gasteiger partial charge in [-0.2, -0.15) is 5.26 Å². The van der Waals surface area contributed by atoms with E-state index < -0.39 is 0 Å². The summed E-state index contributed by atoms with van der Waals surface area (Å²) in [6, 6.07) is 5.63. The molecule has 0 aliphatic rings. The first-order chi connectivity index (χ1) is 5.15. The minimum atomic E-state index is 0.578. The highest BCUT2D eigenvalue weighted by Crippen LogP contribution is 2.25. The van der Waals surface area contributed by atoms with Crippen molar-refractivity contribution in [3.63, 3.8) is 0 Å². The summed E-state index contributed by atoms with van der Waals surface area (Å²) in [5, 5.41) is 8.63. The number of benzene rings is 1. The summed E-state index contributed by atoms with van der Waals surface area (Å²) in [5.74, 6) is 0. The zero-order valence-corrected chi connectivity index (χ0v) is 9.18. The van der Waals surface area contributed by atoms with Crippen LogP contribution in [0, 0.1) is 14.9 Å². The molecule has 0 bridgehead atoms. The van der Waals surface area contributed by atoms with Crippen molar-refractivity contribution in [1.29, 1.82) is 5.26 Å². The molecule has 0 saturated carbocycles. The first kappa shape index (κ1) is 8.81. The van der Waals surface area contributed by atoms with E-state index in [1.807, 2.05) is 12.1 Å². The molecule has 0 heterocycles. The van der Waals surface area contributed by atoms with E-state index in [-0.39, 0.29) is 0 Å². The lowest BCUT2D eigenvalue weighted by molar-refractivity contribution is 1.45. The molecule has 0 spiro atoms. The number of nitrogens with zero attached hydrogens (tertiary/aromatic N) is 1. The van der Waals surface area contributed by atoms with Crippen molar-refractivity contribution in [1.82, 2.24) is 0 Å². The van der Waals surface area contributed by atoms with Gasteiger partial charge in [-0.25, -0.2) is 0 Å². The van der Waals surface area contributed by atoms with Crippen LogP contribution in [0.1, 0.15) is 5.56 Å². The van der Waals surface area contributed by atoms with Crippen LogP contribution in [0.4, 0.5) is 5.69 Å². The van der Waals surface area contributed by atoms with E-state index in [9.17, 15) is 0 Å². The monoisotopic (exact) mass is 322 g/mol. The van der Waals surface area contributed by atoms with Gasteiger partial charge in [0.2, 0.25) is 0 Å². The number of hydrogen-bond acceptors (Lipinski definition) is 2. The van der Waals surface area contributed by atoms with Crippen molar-refractivity contribution < 1.29 is 0 Å². The molecular weight excluding hydrogens is 319 g/mol. The SMILES string of the molecule is N#Cc1cc(I)cc(N)c1Br. The van der Waals surface area contributed by atoms with Crippen LogP contribution in [0.3, 0.4) is 0 Å². The quantitative estimate of drug-likeness (QED) is 0.589. The minimum Gasteiger partial charge on any atom is -0.398 e. The number of rotatable bonds is 0. The normalized spacial score (nSPS) is 9.18. The molecule has 11 heavy (non-hydrogen) atoms. The van der Waals surface area contributed by atoms with E-state index >= 15 is 0 Å². The second-order valence-corrected chi connectivity index (χ2v) is 4.01. The van der Waals surface area contributed by atoms with Crippen LogP contribution in [0.25, 0.3) is 0 Å². The highest BCUT2D eigenvalue weighted by atomic mass is 127. The molecule has 0 fully saturated rings. The highest BCUT2D eigenvalue weighted by Gasteiger charge is 2.03. The van der Waals surface area contributed by atoms with E-state index in [0.717, 1.165) is 3.57 Å². The molecule has 4 heteroatoms. The molecule has 0 aliphatic carbocycles. The number of anilines is 1. The highest BCUT2D eigenvalue weighted by molar-refractivity contribution is 14.1. The van der Waals surface area contributed by atoms with Gasteiger partial charge in [0.1, 0.15) is 6.07 Å². The van der Waals surface area contributed by atoms with Crippen molar-refractivity contribution in [2.45, 2.75) is 0 Å². The molecular formula is C7H4BrIN2. The Balaban J connectivity index is 3.39. The summed E-state index contributed by atoms with van der Waals surface area (Å²) in [6.07, 6.45) is 0. The van der Waals surface area contributed by atoms with E-state index in [1.54, 1.807) is 6.07 Å². The first-order valence-electron chi connectivity index (χ1n) is 2.79. The Hall–Kier alpha value is -0.280. The largest absolute Gasteiger partial charge is 0.398 e. The average Bonchev–Trinajstić information content (AvgIpc) is 1.96. The van der Waals surface area contributed by atoms with Crippen LogP contribution in [0.15, 0.2) is 16.6 Å². The summed E-state index contributed by atoms with van der Waals surface area (Å²) in [7, 11) is 0. The fourth-order valence-electron chi connectivity index (χ4n) is 0.692. The van der Waals surface area contributed by atoms with Gasteiger partial charge in [0.15, 0.2) is 0 Å². The predicted molar refractivity (Wildman–Crippen MR) is 56.0 cm³/mol. The van der Waals surface area contributed by atoms with Crippen molar-refractivity contribution in [3.05, 3.63) is 25.7 Å². The van der Waals surface area contributed by atoms with Crippen LogP contribution in [0.5, 0.6) is 0 Å². The van der Waals surface area contributed by atoms with Crippen molar-refractivity contribution >= 4 is 44.2 Å². The fourth-order valence-corrected chi connectivity index (χ4v) is 1.66. The zero-order chi connectivity index (χ0) is 8.43. The molecule has 0 atom stereocenters. The molecule has 0 radical (unpaired) electrons. The third-order valence-corrected chi connectivity index (χ3v) is 2.69. The summed E-state index contributed by atoms with van der Waals surface area (Å²) >= 11 is 5.34. The molecule has 0 amide bonds. The number of nitrogens with two attached hydrogens (primary N) is 1. The van der Waals surface area contributed by atoms with Gasteiger partial charge in [0, 0.05) is 9.26 Å². The van der Waals surface area contributed by atoms with Gasteiger partial charge >= 0.3 is 0 Å². The second kappa shape index (κ2) is 3.41. The van der Waals surface area contributed by atoms with Crippen LogP contribution in [-0.2, 0) is 0 Å². The van der Waals surface area contributed by atoms with Gasteiger partial charge in [0.05, 0.1) is 10.0 Å². The van der Waals surface area contributed by atoms with E-state index in [1.165, 1.54) is 0 Å². The Morgan fingerprint density at radius 2 is 2.18 bits per heavy atom. The van der Waals surface area contributed by atoms with Gasteiger partial charge in [-0.1, -0.05) is 0 Å². The molecule has 2 nitrogen and oxygen atoms in total. The Morgan fingerprint density at radius 3 is 2.73 bits per heavy atom. The van der Waals surface area contributed by atoms with Gasteiger partial charge in [-0.3, -0.25) is 0 Å². The summed E-state index contributed by atoms with van der Waals surface area (Å²) in [5.41, 5.74) is 6.78. The first-order valence-corrected chi connectivity index (χ1v) is 4.67. The second-order valence-electron chi connectivity index (χ2n) is 1.97. The molecule has 0 aliphatic heterocycles. The maximum absolute atomic E-state index is 8.63. The number of nitriles is 1. The van der Waals surface area contributed by atoms with Gasteiger partial charge in [-0.05, 0) is 50.7 Å². The maximum Gasteiger partial charge on any atom is 0.100 e.